The average molecular weight is 281 g/mol. The normalized spacial score (nSPS) is 21.9. The van der Waals surface area contributed by atoms with Gasteiger partial charge in [-0.1, -0.05) is 30.3 Å². The monoisotopic (exact) mass is 281 g/mol. The Morgan fingerprint density at radius 1 is 1.37 bits per heavy atom. The van der Waals surface area contributed by atoms with Crippen molar-refractivity contribution in [2.45, 2.75) is 18.6 Å². The van der Waals surface area contributed by atoms with Gasteiger partial charge in [-0.05, 0) is 17.7 Å². The molecule has 2 N–H and O–H groups in total. The molecule has 1 aromatic rings. The lowest BCUT2D eigenvalue weighted by molar-refractivity contribution is -0.143. The van der Waals surface area contributed by atoms with Gasteiger partial charge in [-0.3, -0.25) is 0 Å². The number of carboxylic acids is 1. The SMILES string of the molecule is O=C(NC1(C(=O)O)CCSC1)OCc1ccccc1. The Hall–Kier alpha value is -1.69. The number of carbonyl (C=O) groups is 2. The topological polar surface area (TPSA) is 75.6 Å². The number of alkyl carbamates (subject to hydrolysis) is 1. The van der Waals surface area contributed by atoms with Crippen LogP contribution in [0.25, 0.3) is 0 Å². The van der Waals surface area contributed by atoms with Gasteiger partial charge in [-0.25, -0.2) is 9.59 Å². The van der Waals surface area contributed by atoms with Crippen molar-refractivity contribution in [2.24, 2.45) is 0 Å². The van der Waals surface area contributed by atoms with Crippen molar-refractivity contribution in [2.75, 3.05) is 11.5 Å². The number of benzene rings is 1. The van der Waals surface area contributed by atoms with Crippen molar-refractivity contribution >= 4 is 23.8 Å². The van der Waals surface area contributed by atoms with Crippen molar-refractivity contribution in [3.05, 3.63) is 35.9 Å². The Morgan fingerprint density at radius 2 is 2.11 bits per heavy atom. The molecule has 1 aromatic carbocycles. The van der Waals surface area contributed by atoms with Crippen LogP contribution in [0.4, 0.5) is 4.79 Å². The summed E-state index contributed by atoms with van der Waals surface area (Å²) in [5.74, 6) is 0.0998. The van der Waals surface area contributed by atoms with Gasteiger partial charge in [0, 0.05) is 5.75 Å². The van der Waals surface area contributed by atoms with Gasteiger partial charge in [0.25, 0.3) is 0 Å². The van der Waals surface area contributed by atoms with Crippen molar-refractivity contribution in [1.29, 1.82) is 0 Å². The maximum Gasteiger partial charge on any atom is 0.408 e. The molecule has 1 atom stereocenters. The van der Waals surface area contributed by atoms with Crippen LogP contribution >= 0.6 is 11.8 Å². The molecule has 102 valence electrons. The molecular weight excluding hydrogens is 266 g/mol. The number of thioether (sulfide) groups is 1. The van der Waals surface area contributed by atoms with E-state index in [0.717, 1.165) is 11.3 Å². The van der Waals surface area contributed by atoms with Crippen molar-refractivity contribution in [1.82, 2.24) is 5.32 Å². The number of carboxylic acid groups (broad SMARTS) is 1. The lowest BCUT2D eigenvalue weighted by atomic mass is 10.00. The van der Waals surface area contributed by atoms with Crippen LogP contribution in [0.2, 0.25) is 0 Å². The zero-order chi connectivity index (χ0) is 13.7. The number of hydrogen-bond acceptors (Lipinski definition) is 4. The number of aliphatic carboxylic acids is 1. The molecule has 1 fully saturated rings. The number of rotatable bonds is 4. The maximum absolute atomic E-state index is 11.7. The number of ether oxygens (including phenoxy) is 1. The first-order valence-corrected chi connectivity index (χ1v) is 7.08. The molecule has 0 aliphatic carbocycles. The molecule has 1 aliphatic rings. The fourth-order valence-corrected chi connectivity index (χ4v) is 3.17. The van der Waals surface area contributed by atoms with E-state index in [1.165, 1.54) is 11.8 Å². The van der Waals surface area contributed by atoms with E-state index in [2.05, 4.69) is 5.32 Å². The van der Waals surface area contributed by atoms with Gasteiger partial charge in [0.05, 0.1) is 0 Å². The van der Waals surface area contributed by atoms with Crippen molar-refractivity contribution in [3.63, 3.8) is 0 Å². The number of hydrogen-bond donors (Lipinski definition) is 2. The summed E-state index contributed by atoms with van der Waals surface area (Å²) in [4.78, 5) is 22.9. The van der Waals surface area contributed by atoms with Gasteiger partial charge < -0.3 is 15.2 Å². The number of nitrogens with one attached hydrogen (secondary N) is 1. The molecule has 2 rings (SSSR count). The predicted molar refractivity (Wildman–Crippen MR) is 72.1 cm³/mol. The van der Waals surface area contributed by atoms with E-state index >= 15 is 0 Å². The molecule has 1 unspecified atom stereocenters. The number of amides is 1. The van der Waals surface area contributed by atoms with E-state index in [9.17, 15) is 14.7 Å². The summed E-state index contributed by atoms with van der Waals surface area (Å²) in [6, 6.07) is 9.25. The standard InChI is InChI=1S/C13H15NO4S/c15-11(16)13(6-7-19-9-13)14-12(17)18-8-10-4-2-1-3-5-10/h1-5H,6-9H2,(H,14,17)(H,15,16). The van der Waals surface area contributed by atoms with E-state index in [0.29, 0.717) is 12.2 Å². The van der Waals surface area contributed by atoms with Crippen LogP contribution in [0.1, 0.15) is 12.0 Å². The van der Waals surface area contributed by atoms with Gasteiger partial charge in [0.1, 0.15) is 6.61 Å². The Kier molecular flexibility index (Phi) is 4.31. The molecule has 1 saturated heterocycles. The van der Waals surface area contributed by atoms with Crippen LogP contribution in [-0.2, 0) is 16.1 Å². The van der Waals surface area contributed by atoms with E-state index < -0.39 is 17.6 Å². The van der Waals surface area contributed by atoms with Crippen LogP contribution in [-0.4, -0.2) is 34.2 Å². The molecule has 5 nitrogen and oxygen atoms in total. The Balaban J connectivity index is 1.88. The molecule has 1 heterocycles. The van der Waals surface area contributed by atoms with Crippen LogP contribution in [0.3, 0.4) is 0 Å². The van der Waals surface area contributed by atoms with Crippen molar-refractivity contribution < 1.29 is 19.4 Å². The molecule has 0 spiro atoms. The predicted octanol–water partition coefficient (Wildman–Crippen LogP) is 1.87. The molecule has 0 saturated carbocycles. The minimum atomic E-state index is -1.18. The maximum atomic E-state index is 11.7. The van der Waals surface area contributed by atoms with Crippen LogP contribution < -0.4 is 5.32 Å². The van der Waals surface area contributed by atoms with Gasteiger partial charge in [-0.2, -0.15) is 11.8 Å². The molecule has 19 heavy (non-hydrogen) atoms. The highest BCUT2D eigenvalue weighted by atomic mass is 32.2. The Morgan fingerprint density at radius 3 is 2.68 bits per heavy atom. The lowest BCUT2D eigenvalue weighted by Crippen LogP contribution is -2.54. The van der Waals surface area contributed by atoms with E-state index in [4.69, 9.17) is 4.74 Å². The second-order valence-corrected chi connectivity index (χ2v) is 5.48. The van der Waals surface area contributed by atoms with Crippen molar-refractivity contribution in [3.8, 4) is 0 Å². The molecule has 6 heteroatoms. The van der Waals surface area contributed by atoms with E-state index in [1.807, 2.05) is 30.3 Å². The fourth-order valence-electron chi connectivity index (χ4n) is 1.84. The third kappa shape index (κ3) is 3.41. The van der Waals surface area contributed by atoms with Gasteiger partial charge in [0.2, 0.25) is 0 Å². The first-order chi connectivity index (χ1) is 9.12. The second-order valence-electron chi connectivity index (χ2n) is 4.38. The van der Waals surface area contributed by atoms with Crippen LogP contribution in [0, 0.1) is 0 Å². The Bertz CT molecular complexity index is 457. The van der Waals surface area contributed by atoms with Crippen LogP contribution in [0.5, 0.6) is 0 Å². The molecule has 0 bridgehead atoms. The molecular formula is C13H15NO4S. The van der Waals surface area contributed by atoms with Gasteiger partial charge in [-0.15, -0.1) is 0 Å². The average Bonchev–Trinajstić information content (AvgIpc) is 2.87. The third-order valence-electron chi connectivity index (χ3n) is 2.99. The summed E-state index contributed by atoms with van der Waals surface area (Å²) in [5, 5.41) is 11.7. The number of carbonyl (C=O) groups excluding carboxylic acids is 1. The minimum Gasteiger partial charge on any atom is -0.479 e. The second kappa shape index (κ2) is 5.97. The van der Waals surface area contributed by atoms with E-state index in [1.54, 1.807) is 0 Å². The quantitative estimate of drug-likeness (QED) is 0.881. The van der Waals surface area contributed by atoms with Gasteiger partial charge in [0.15, 0.2) is 5.54 Å². The lowest BCUT2D eigenvalue weighted by Gasteiger charge is -2.23. The summed E-state index contributed by atoms with van der Waals surface area (Å²) in [6.07, 6.45) is -0.262. The summed E-state index contributed by atoms with van der Waals surface area (Å²) in [5.41, 5.74) is -0.318. The highest BCUT2D eigenvalue weighted by Gasteiger charge is 2.43. The molecule has 1 amide bonds. The zero-order valence-electron chi connectivity index (χ0n) is 10.3. The highest BCUT2D eigenvalue weighted by Crippen LogP contribution is 2.28. The zero-order valence-corrected chi connectivity index (χ0v) is 11.1. The molecule has 0 radical (unpaired) electrons. The smallest absolute Gasteiger partial charge is 0.408 e. The van der Waals surface area contributed by atoms with Gasteiger partial charge >= 0.3 is 12.1 Å². The molecule has 0 aromatic heterocycles. The summed E-state index contributed by atoms with van der Waals surface area (Å²) in [6.45, 7) is 0.134. The first-order valence-electron chi connectivity index (χ1n) is 5.92. The molecule has 1 aliphatic heterocycles. The summed E-state index contributed by atoms with van der Waals surface area (Å²) >= 11 is 1.51. The minimum absolute atomic E-state index is 0.134. The largest absolute Gasteiger partial charge is 0.479 e. The van der Waals surface area contributed by atoms with Crippen LogP contribution in [0.15, 0.2) is 30.3 Å². The summed E-state index contributed by atoms with van der Waals surface area (Å²) < 4.78 is 5.04. The fraction of sp³-hybridized carbons (Fsp3) is 0.385. The summed E-state index contributed by atoms with van der Waals surface area (Å²) in [7, 11) is 0. The van der Waals surface area contributed by atoms with E-state index in [-0.39, 0.29) is 6.61 Å². The highest BCUT2D eigenvalue weighted by molar-refractivity contribution is 7.99. The Labute approximate surface area is 115 Å². The first kappa shape index (κ1) is 13.7. The third-order valence-corrected chi connectivity index (χ3v) is 4.17.